The van der Waals surface area contributed by atoms with Crippen molar-refractivity contribution in [1.82, 2.24) is 4.90 Å². The van der Waals surface area contributed by atoms with Crippen molar-refractivity contribution in [2.75, 3.05) is 13.1 Å². The largest absolute Gasteiger partial charge is 0.329 e. The Bertz CT molecular complexity index is 130. The molecule has 2 atom stereocenters. The van der Waals surface area contributed by atoms with Gasteiger partial charge in [-0.05, 0) is 33.2 Å². The molecule has 0 heterocycles. The van der Waals surface area contributed by atoms with Gasteiger partial charge in [0.15, 0.2) is 0 Å². The molecule has 0 aromatic rings. The van der Waals surface area contributed by atoms with Gasteiger partial charge in [0.1, 0.15) is 0 Å². The SMILES string of the molecule is CCC(C)N(CC)C(C)(CC)CN. The van der Waals surface area contributed by atoms with Crippen molar-refractivity contribution in [3.8, 4) is 0 Å². The lowest BCUT2D eigenvalue weighted by molar-refractivity contribution is 0.0691. The minimum absolute atomic E-state index is 0.185. The van der Waals surface area contributed by atoms with Crippen LogP contribution in [0, 0.1) is 0 Å². The Morgan fingerprint density at radius 3 is 2.08 bits per heavy atom. The van der Waals surface area contributed by atoms with E-state index < -0.39 is 0 Å². The highest BCUT2D eigenvalue weighted by molar-refractivity contribution is 4.87. The Balaban J connectivity index is 4.51. The van der Waals surface area contributed by atoms with Gasteiger partial charge < -0.3 is 5.73 Å². The molecular weight excluding hydrogens is 160 g/mol. The van der Waals surface area contributed by atoms with Crippen LogP contribution < -0.4 is 5.73 Å². The fourth-order valence-electron chi connectivity index (χ4n) is 1.91. The number of rotatable bonds is 6. The molecule has 0 saturated carbocycles. The fourth-order valence-corrected chi connectivity index (χ4v) is 1.91. The van der Waals surface area contributed by atoms with E-state index in [1.54, 1.807) is 0 Å². The Hall–Kier alpha value is -0.0800. The molecule has 2 unspecified atom stereocenters. The van der Waals surface area contributed by atoms with E-state index in [1.807, 2.05) is 0 Å². The summed E-state index contributed by atoms with van der Waals surface area (Å²) >= 11 is 0. The number of nitrogens with zero attached hydrogens (tertiary/aromatic N) is 1. The first kappa shape index (κ1) is 12.9. The van der Waals surface area contributed by atoms with Gasteiger partial charge >= 0.3 is 0 Å². The van der Waals surface area contributed by atoms with Crippen molar-refractivity contribution < 1.29 is 0 Å². The summed E-state index contributed by atoms with van der Waals surface area (Å²) < 4.78 is 0. The maximum Gasteiger partial charge on any atom is 0.0303 e. The highest BCUT2D eigenvalue weighted by atomic mass is 15.2. The van der Waals surface area contributed by atoms with Gasteiger partial charge in [0.2, 0.25) is 0 Å². The lowest BCUT2D eigenvalue weighted by Gasteiger charge is -2.43. The fraction of sp³-hybridized carbons (Fsp3) is 1.00. The molecule has 0 aromatic carbocycles. The van der Waals surface area contributed by atoms with Crippen LogP contribution in [-0.2, 0) is 0 Å². The van der Waals surface area contributed by atoms with E-state index in [0.29, 0.717) is 6.04 Å². The molecule has 0 aliphatic carbocycles. The third-order valence-corrected chi connectivity index (χ3v) is 3.36. The second-order valence-corrected chi connectivity index (χ2v) is 4.10. The quantitative estimate of drug-likeness (QED) is 0.689. The van der Waals surface area contributed by atoms with Crippen LogP contribution in [0.4, 0.5) is 0 Å². The second kappa shape index (κ2) is 5.61. The van der Waals surface area contributed by atoms with Crippen molar-refractivity contribution >= 4 is 0 Å². The van der Waals surface area contributed by atoms with Gasteiger partial charge in [-0.2, -0.15) is 0 Å². The molecule has 0 bridgehead atoms. The molecule has 2 N–H and O–H groups in total. The smallest absolute Gasteiger partial charge is 0.0303 e. The zero-order valence-corrected chi connectivity index (χ0v) is 9.93. The number of hydrogen-bond acceptors (Lipinski definition) is 2. The van der Waals surface area contributed by atoms with Crippen LogP contribution >= 0.6 is 0 Å². The standard InChI is InChI=1S/C11H26N2/c1-6-10(4)13(8-3)11(5,7-2)9-12/h10H,6-9,12H2,1-5H3. The first-order chi connectivity index (χ1) is 6.05. The zero-order valence-electron chi connectivity index (χ0n) is 9.93. The van der Waals surface area contributed by atoms with E-state index in [1.165, 1.54) is 6.42 Å². The molecule has 0 rings (SSSR count). The van der Waals surface area contributed by atoms with Gasteiger partial charge in [0, 0.05) is 18.1 Å². The van der Waals surface area contributed by atoms with E-state index >= 15 is 0 Å². The van der Waals surface area contributed by atoms with Crippen molar-refractivity contribution in [1.29, 1.82) is 0 Å². The van der Waals surface area contributed by atoms with Crippen LogP contribution in [-0.4, -0.2) is 29.6 Å². The molecule has 0 radical (unpaired) electrons. The predicted octanol–water partition coefficient (Wildman–Crippen LogP) is 2.23. The Kier molecular flexibility index (Phi) is 5.57. The lowest BCUT2D eigenvalue weighted by Crippen LogP contribution is -2.54. The van der Waals surface area contributed by atoms with Crippen molar-refractivity contribution in [3.05, 3.63) is 0 Å². The molecule has 0 amide bonds. The molecule has 2 nitrogen and oxygen atoms in total. The van der Waals surface area contributed by atoms with Crippen LogP contribution in [0.1, 0.15) is 47.5 Å². The summed E-state index contributed by atoms with van der Waals surface area (Å²) in [6, 6.07) is 0.638. The summed E-state index contributed by atoms with van der Waals surface area (Å²) in [7, 11) is 0. The molecule has 0 aliphatic rings. The Labute approximate surface area is 83.5 Å². The van der Waals surface area contributed by atoms with Crippen molar-refractivity contribution in [3.63, 3.8) is 0 Å². The Morgan fingerprint density at radius 2 is 1.85 bits per heavy atom. The molecular formula is C11H26N2. The predicted molar refractivity (Wildman–Crippen MR) is 59.9 cm³/mol. The molecule has 80 valence electrons. The molecule has 0 fully saturated rings. The first-order valence-corrected chi connectivity index (χ1v) is 5.52. The van der Waals surface area contributed by atoms with Crippen molar-refractivity contribution in [2.45, 2.75) is 59.0 Å². The average Bonchev–Trinajstić information content (AvgIpc) is 2.18. The monoisotopic (exact) mass is 186 g/mol. The molecule has 0 aromatic heterocycles. The van der Waals surface area contributed by atoms with Crippen LogP contribution in [0.15, 0.2) is 0 Å². The highest BCUT2D eigenvalue weighted by Gasteiger charge is 2.29. The summed E-state index contributed by atoms with van der Waals surface area (Å²) in [5, 5.41) is 0. The molecule has 2 heteroatoms. The summed E-state index contributed by atoms with van der Waals surface area (Å²) in [6.07, 6.45) is 2.32. The van der Waals surface area contributed by atoms with Gasteiger partial charge in [-0.3, -0.25) is 4.90 Å². The maximum absolute atomic E-state index is 5.84. The van der Waals surface area contributed by atoms with E-state index in [0.717, 1.165) is 19.5 Å². The summed E-state index contributed by atoms with van der Waals surface area (Å²) in [5.74, 6) is 0. The van der Waals surface area contributed by atoms with Gasteiger partial charge in [-0.1, -0.05) is 20.8 Å². The normalized spacial score (nSPS) is 18.7. The lowest BCUT2D eigenvalue weighted by atomic mass is 9.94. The van der Waals surface area contributed by atoms with Gasteiger partial charge in [-0.15, -0.1) is 0 Å². The maximum atomic E-state index is 5.84. The molecule has 0 aliphatic heterocycles. The van der Waals surface area contributed by atoms with E-state index in [2.05, 4.69) is 39.5 Å². The minimum atomic E-state index is 0.185. The number of likely N-dealkylation sites (N-methyl/N-ethyl adjacent to an activating group) is 1. The Morgan fingerprint density at radius 1 is 1.31 bits per heavy atom. The minimum Gasteiger partial charge on any atom is -0.329 e. The average molecular weight is 186 g/mol. The highest BCUT2D eigenvalue weighted by Crippen LogP contribution is 2.21. The molecule has 0 spiro atoms. The van der Waals surface area contributed by atoms with E-state index in [-0.39, 0.29) is 5.54 Å². The number of nitrogens with two attached hydrogens (primary N) is 1. The first-order valence-electron chi connectivity index (χ1n) is 5.52. The summed E-state index contributed by atoms with van der Waals surface area (Å²) in [4.78, 5) is 2.52. The van der Waals surface area contributed by atoms with Gasteiger partial charge in [0.25, 0.3) is 0 Å². The van der Waals surface area contributed by atoms with E-state index in [4.69, 9.17) is 5.73 Å². The van der Waals surface area contributed by atoms with Crippen LogP contribution in [0.3, 0.4) is 0 Å². The van der Waals surface area contributed by atoms with Crippen molar-refractivity contribution in [2.24, 2.45) is 5.73 Å². The molecule has 13 heavy (non-hydrogen) atoms. The van der Waals surface area contributed by atoms with E-state index in [9.17, 15) is 0 Å². The number of hydrogen-bond donors (Lipinski definition) is 1. The van der Waals surface area contributed by atoms with Crippen LogP contribution in [0.25, 0.3) is 0 Å². The van der Waals surface area contributed by atoms with Gasteiger partial charge in [0.05, 0.1) is 0 Å². The third-order valence-electron chi connectivity index (χ3n) is 3.36. The zero-order chi connectivity index (χ0) is 10.5. The third kappa shape index (κ3) is 2.96. The second-order valence-electron chi connectivity index (χ2n) is 4.10. The summed E-state index contributed by atoms with van der Waals surface area (Å²) in [6.45, 7) is 13.1. The van der Waals surface area contributed by atoms with Gasteiger partial charge in [-0.25, -0.2) is 0 Å². The molecule has 0 saturated heterocycles. The topological polar surface area (TPSA) is 29.3 Å². The van der Waals surface area contributed by atoms with Crippen LogP contribution in [0.5, 0.6) is 0 Å². The van der Waals surface area contributed by atoms with Crippen LogP contribution in [0.2, 0.25) is 0 Å². The summed E-state index contributed by atoms with van der Waals surface area (Å²) in [5.41, 5.74) is 6.03.